The fourth-order valence-corrected chi connectivity index (χ4v) is 3.12. The van der Waals surface area contributed by atoms with Crippen LogP contribution in [0.5, 0.6) is 0 Å². The van der Waals surface area contributed by atoms with Gasteiger partial charge in [-0.05, 0) is 44.0 Å². The molecule has 0 spiro atoms. The van der Waals surface area contributed by atoms with Gasteiger partial charge in [-0.2, -0.15) is 0 Å². The van der Waals surface area contributed by atoms with Crippen molar-refractivity contribution in [3.63, 3.8) is 0 Å². The Balaban J connectivity index is 1.74. The van der Waals surface area contributed by atoms with Gasteiger partial charge in [-0.25, -0.2) is 4.79 Å². The molecule has 0 aromatic heterocycles. The third kappa shape index (κ3) is 3.66. The lowest BCUT2D eigenvalue weighted by atomic mass is 9.91. The van der Waals surface area contributed by atoms with Crippen LogP contribution in [0, 0.1) is 13.8 Å². The topological polar surface area (TPSA) is 78.5 Å². The second-order valence-corrected chi connectivity index (χ2v) is 7.23. The summed E-state index contributed by atoms with van der Waals surface area (Å²) >= 11 is 6.05. The van der Waals surface area contributed by atoms with E-state index in [1.165, 1.54) is 0 Å². The van der Waals surface area contributed by atoms with Crippen LogP contribution in [0.4, 0.5) is 10.5 Å². The Hall–Kier alpha value is -2.86. The summed E-state index contributed by atoms with van der Waals surface area (Å²) in [5, 5.41) is 5.87. The first kappa shape index (κ1) is 18.9. The van der Waals surface area contributed by atoms with E-state index in [2.05, 4.69) is 10.6 Å². The molecule has 3 rings (SSSR count). The third-order valence-corrected chi connectivity index (χ3v) is 5.07. The summed E-state index contributed by atoms with van der Waals surface area (Å²) in [6.45, 7) is 5.05. The highest BCUT2D eigenvalue weighted by atomic mass is 35.5. The summed E-state index contributed by atoms with van der Waals surface area (Å²) in [4.78, 5) is 38.4. The number of rotatable bonds is 4. The molecule has 6 nitrogen and oxygen atoms in total. The largest absolute Gasteiger partial charge is 0.325 e. The van der Waals surface area contributed by atoms with E-state index in [-0.39, 0.29) is 6.54 Å². The van der Waals surface area contributed by atoms with Gasteiger partial charge in [0.15, 0.2) is 0 Å². The summed E-state index contributed by atoms with van der Waals surface area (Å²) in [5.74, 6) is -0.944. The number of benzene rings is 2. The number of hydrogen-bond acceptors (Lipinski definition) is 3. The molecule has 2 aromatic rings. The molecule has 2 N–H and O–H groups in total. The molecule has 1 heterocycles. The number of carbonyl (C=O) groups excluding carboxylic acids is 3. The Bertz CT molecular complexity index is 927. The summed E-state index contributed by atoms with van der Waals surface area (Å²) < 4.78 is 0. The van der Waals surface area contributed by atoms with Crippen molar-refractivity contribution in [1.82, 2.24) is 10.2 Å². The monoisotopic (exact) mass is 385 g/mol. The summed E-state index contributed by atoms with van der Waals surface area (Å²) in [7, 11) is 0. The van der Waals surface area contributed by atoms with Crippen molar-refractivity contribution in [3.8, 4) is 0 Å². The minimum absolute atomic E-state index is 0.377. The van der Waals surface area contributed by atoms with E-state index < -0.39 is 23.4 Å². The molecule has 2 aromatic carbocycles. The first-order chi connectivity index (χ1) is 12.7. The first-order valence-electron chi connectivity index (χ1n) is 8.48. The summed E-state index contributed by atoms with van der Waals surface area (Å²) in [6.07, 6.45) is 0. The van der Waals surface area contributed by atoms with E-state index in [0.717, 1.165) is 16.0 Å². The van der Waals surface area contributed by atoms with Gasteiger partial charge in [0.25, 0.3) is 5.91 Å². The molecule has 7 heteroatoms. The van der Waals surface area contributed by atoms with Gasteiger partial charge in [0.2, 0.25) is 5.91 Å². The van der Waals surface area contributed by atoms with Crippen LogP contribution in [0.15, 0.2) is 42.5 Å². The van der Waals surface area contributed by atoms with E-state index in [1.54, 1.807) is 37.3 Å². The molecule has 1 fully saturated rings. The predicted octanol–water partition coefficient (Wildman–Crippen LogP) is 3.36. The molecule has 140 valence electrons. The minimum atomic E-state index is -1.20. The average molecular weight is 386 g/mol. The number of hydrogen-bond donors (Lipinski definition) is 2. The summed E-state index contributed by atoms with van der Waals surface area (Å²) in [5.41, 5.74) is 1.91. The lowest BCUT2D eigenvalue weighted by molar-refractivity contribution is -0.133. The fourth-order valence-electron chi connectivity index (χ4n) is 2.94. The number of aryl methyl sites for hydroxylation is 2. The van der Waals surface area contributed by atoms with Crippen LogP contribution in [0.3, 0.4) is 0 Å². The van der Waals surface area contributed by atoms with Gasteiger partial charge in [0.1, 0.15) is 12.1 Å². The quantitative estimate of drug-likeness (QED) is 0.792. The van der Waals surface area contributed by atoms with Gasteiger partial charge in [-0.1, -0.05) is 47.5 Å². The van der Waals surface area contributed by atoms with E-state index >= 15 is 0 Å². The van der Waals surface area contributed by atoms with Crippen LogP contribution in [0.25, 0.3) is 0 Å². The van der Waals surface area contributed by atoms with Crippen LogP contribution < -0.4 is 10.6 Å². The van der Waals surface area contributed by atoms with Crippen molar-refractivity contribution in [2.24, 2.45) is 0 Å². The molecule has 1 aliphatic rings. The number of nitrogens with zero attached hydrogens (tertiary/aromatic N) is 1. The zero-order valence-corrected chi connectivity index (χ0v) is 16.1. The Labute approximate surface area is 162 Å². The van der Waals surface area contributed by atoms with Crippen LogP contribution >= 0.6 is 11.6 Å². The standard InChI is InChI=1S/C20H20ClN3O3/c1-12-4-7-14(8-5-12)20(3)18(26)24(19(27)23-20)11-17(25)22-15-9-6-13(2)16(21)10-15/h4-10H,11H2,1-3H3,(H,22,25)(H,23,27)/t20-/m0/s1. The smallest absolute Gasteiger partial charge is 0.324 e. The molecule has 4 amide bonds. The molecule has 0 bridgehead atoms. The number of halogens is 1. The second-order valence-electron chi connectivity index (χ2n) is 6.82. The molecular weight excluding hydrogens is 366 g/mol. The molecule has 1 aliphatic heterocycles. The number of nitrogens with one attached hydrogen (secondary N) is 2. The van der Waals surface area contributed by atoms with Crippen molar-refractivity contribution in [2.45, 2.75) is 26.3 Å². The molecule has 0 radical (unpaired) electrons. The van der Waals surface area contributed by atoms with E-state index in [1.807, 2.05) is 26.0 Å². The molecule has 0 aliphatic carbocycles. The lowest BCUT2D eigenvalue weighted by Crippen LogP contribution is -2.42. The maximum Gasteiger partial charge on any atom is 0.325 e. The second kappa shape index (κ2) is 7.04. The van der Waals surface area contributed by atoms with E-state index in [0.29, 0.717) is 16.3 Å². The predicted molar refractivity (Wildman–Crippen MR) is 104 cm³/mol. The Kier molecular flexibility index (Phi) is 4.93. The van der Waals surface area contributed by atoms with Gasteiger partial charge in [-0.3, -0.25) is 14.5 Å². The maximum atomic E-state index is 12.9. The lowest BCUT2D eigenvalue weighted by Gasteiger charge is -2.22. The van der Waals surface area contributed by atoms with E-state index in [9.17, 15) is 14.4 Å². The van der Waals surface area contributed by atoms with Crippen molar-refractivity contribution in [3.05, 3.63) is 64.2 Å². The van der Waals surface area contributed by atoms with Crippen LogP contribution in [0.2, 0.25) is 5.02 Å². The van der Waals surface area contributed by atoms with Crippen molar-refractivity contribution < 1.29 is 14.4 Å². The summed E-state index contributed by atoms with van der Waals surface area (Å²) in [6, 6.07) is 11.8. The van der Waals surface area contributed by atoms with Gasteiger partial charge in [-0.15, -0.1) is 0 Å². The SMILES string of the molecule is Cc1ccc([C@]2(C)NC(=O)N(CC(=O)Nc3ccc(C)c(Cl)c3)C2=O)cc1. The number of urea groups is 1. The zero-order valence-electron chi connectivity index (χ0n) is 15.3. The number of anilines is 1. The van der Waals surface area contributed by atoms with Gasteiger partial charge in [0, 0.05) is 10.7 Å². The van der Waals surface area contributed by atoms with Gasteiger partial charge >= 0.3 is 6.03 Å². The molecule has 0 saturated carbocycles. The van der Waals surface area contributed by atoms with Crippen molar-refractivity contribution in [2.75, 3.05) is 11.9 Å². The normalized spacial score (nSPS) is 19.2. The molecular formula is C20H20ClN3O3. The minimum Gasteiger partial charge on any atom is -0.324 e. The van der Waals surface area contributed by atoms with Gasteiger partial charge < -0.3 is 10.6 Å². The molecule has 27 heavy (non-hydrogen) atoms. The highest BCUT2D eigenvalue weighted by Crippen LogP contribution is 2.29. The molecule has 1 saturated heterocycles. The zero-order chi connectivity index (χ0) is 19.8. The van der Waals surface area contributed by atoms with Crippen LogP contribution in [0.1, 0.15) is 23.6 Å². The van der Waals surface area contributed by atoms with Crippen LogP contribution in [-0.4, -0.2) is 29.3 Å². The average Bonchev–Trinajstić information content (AvgIpc) is 2.83. The van der Waals surface area contributed by atoms with E-state index in [4.69, 9.17) is 11.6 Å². The highest BCUT2D eigenvalue weighted by Gasteiger charge is 2.49. The first-order valence-corrected chi connectivity index (χ1v) is 8.86. The van der Waals surface area contributed by atoms with Crippen molar-refractivity contribution in [1.29, 1.82) is 0 Å². The van der Waals surface area contributed by atoms with Crippen LogP contribution in [-0.2, 0) is 15.1 Å². The fraction of sp³-hybridized carbons (Fsp3) is 0.250. The highest BCUT2D eigenvalue weighted by molar-refractivity contribution is 6.31. The number of imide groups is 1. The maximum absolute atomic E-state index is 12.9. The molecule has 0 unspecified atom stereocenters. The Morgan fingerprint density at radius 2 is 1.81 bits per heavy atom. The number of amides is 4. The third-order valence-electron chi connectivity index (χ3n) is 4.66. The number of carbonyl (C=O) groups is 3. The Morgan fingerprint density at radius 1 is 1.15 bits per heavy atom. The van der Waals surface area contributed by atoms with Crippen molar-refractivity contribution >= 4 is 35.1 Å². The molecule has 1 atom stereocenters. The van der Waals surface area contributed by atoms with Gasteiger partial charge in [0.05, 0.1) is 0 Å². The Morgan fingerprint density at radius 3 is 2.44 bits per heavy atom.